The zero-order chi connectivity index (χ0) is 28.3. The second-order valence-corrected chi connectivity index (χ2v) is 10.3. The SMILES string of the molecule is CCS(=O)(=O)c1c(-c2nc3cc(C(F)(F)C(F)(F)F)cnc3n2C)ncc2cc(OCC(F)(F)F)ccc12. The number of halogens is 8. The van der Waals surface area contributed by atoms with Crippen molar-refractivity contribution in [1.82, 2.24) is 19.5 Å². The van der Waals surface area contributed by atoms with Gasteiger partial charge in [0, 0.05) is 30.2 Å². The molecule has 16 heteroatoms. The van der Waals surface area contributed by atoms with Gasteiger partial charge in [0.15, 0.2) is 27.9 Å². The van der Waals surface area contributed by atoms with E-state index >= 15 is 0 Å². The van der Waals surface area contributed by atoms with Crippen LogP contribution in [0.2, 0.25) is 0 Å². The van der Waals surface area contributed by atoms with Crippen molar-refractivity contribution in [2.24, 2.45) is 7.05 Å². The number of nitrogens with zero attached hydrogens (tertiary/aromatic N) is 4. The van der Waals surface area contributed by atoms with Gasteiger partial charge in [-0.3, -0.25) is 4.98 Å². The van der Waals surface area contributed by atoms with E-state index in [1.165, 1.54) is 24.6 Å². The van der Waals surface area contributed by atoms with Crippen LogP contribution < -0.4 is 4.74 Å². The van der Waals surface area contributed by atoms with Gasteiger partial charge < -0.3 is 9.30 Å². The van der Waals surface area contributed by atoms with E-state index in [2.05, 4.69) is 15.0 Å². The van der Waals surface area contributed by atoms with Crippen molar-refractivity contribution in [3.8, 4) is 17.3 Å². The number of fused-ring (bicyclic) bond motifs is 2. The number of rotatable bonds is 6. The van der Waals surface area contributed by atoms with Gasteiger partial charge in [0.2, 0.25) is 0 Å². The predicted octanol–water partition coefficient (Wildman–Crippen LogP) is 5.57. The highest BCUT2D eigenvalue weighted by Gasteiger charge is 2.59. The molecule has 0 N–H and O–H groups in total. The minimum Gasteiger partial charge on any atom is -0.484 e. The molecule has 4 aromatic rings. The Morgan fingerprint density at radius 2 is 1.66 bits per heavy atom. The van der Waals surface area contributed by atoms with Gasteiger partial charge in [-0.15, -0.1) is 0 Å². The lowest BCUT2D eigenvalue weighted by molar-refractivity contribution is -0.289. The fraction of sp³-hybridized carbons (Fsp3) is 0.318. The Morgan fingerprint density at radius 1 is 0.974 bits per heavy atom. The van der Waals surface area contributed by atoms with Crippen molar-refractivity contribution in [2.75, 3.05) is 12.4 Å². The Bertz CT molecular complexity index is 1650. The van der Waals surface area contributed by atoms with Crippen LogP contribution in [0, 0.1) is 0 Å². The number of sulfone groups is 1. The normalized spacial score (nSPS) is 13.4. The number of benzene rings is 1. The minimum atomic E-state index is -5.88. The van der Waals surface area contributed by atoms with Crippen LogP contribution in [0.15, 0.2) is 41.6 Å². The quantitative estimate of drug-likeness (QED) is 0.283. The summed E-state index contributed by atoms with van der Waals surface area (Å²) in [6.07, 6.45) is -8.99. The standard InChI is InChI=1S/C22H16F8N4O3S/c1-3-38(35,36)17-14-5-4-13(37-10-20(23,24)25)6-11(14)8-31-16(17)19-33-15-7-12(9-32-18(15)34(19)2)21(26,27)22(28,29)30/h4-9H,3,10H2,1-2H3. The minimum absolute atomic E-state index is 0.0560. The molecule has 0 amide bonds. The van der Waals surface area contributed by atoms with E-state index in [-0.39, 0.29) is 44.1 Å². The highest BCUT2D eigenvalue weighted by Crippen LogP contribution is 2.44. The smallest absolute Gasteiger partial charge is 0.458 e. The molecule has 0 atom stereocenters. The molecule has 3 aromatic heterocycles. The molecule has 0 aliphatic carbocycles. The Balaban J connectivity index is 1.91. The number of aryl methyl sites for hydroxylation is 1. The second-order valence-electron chi connectivity index (χ2n) is 8.13. The van der Waals surface area contributed by atoms with Crippen LogP contribution in [0.25, 0.3) is 33.5 Å². The first kappa shape index (κ1) is 27.5. The monoisotopic (exact) mass is 568 g/mol. The summed E-state index contributed by atoms with van der Waals surface area (Å²) in [5.74, 6) is -6.03. The summed E-state index contributed by atoms with van der Waals surface area (Å²) in [4.78, 5) is 11.5. The van der Waals surface area contributed by atoms with Crippen molar-refractivity contribution in [3.63, 3.8) is 0 Å². The summed E-state index contributed by atoms with van der Waals surface area (Å²) in [6, 6.07) is 4.01. The van der Waals surface area contributed by atoms with Gasteiger partial charge in [-0.25, -0.2) is 18.4 Å². The topological polar surface area (TPSA) is 87.0 Å². The fourth-order valence-electron chi connectivity index (χ4n) is 3.67. The van der Waals surface area contributed by atoms with Crippen molar-refractivity contribution in [3.05, 3.63) is 42.2 Å². The fourth-order valence-corrected chi connectivity index (χ4v) is 4.92. The predicted molar refractivity (Wildman–Crippen MR) is 118 cm³/mol. The lowest BCUT2D eigenvalue weighted by Gasteiger charge is -2.19. The Morgan fingerprint density at radius 3 is 2.26 bits per heavy atom. The van der Waals surface area contributed by atoms with Gasteiger partial charge in [-0.2, -0.15) is 35.1 Å². The number of ether oxygens (including phenoxy) is 1. The van der Waals surface area contributed by atoms with Crippen LogP contribution in [0.1, 0.15) is 12.5 Å². The molecule has 1 aromatic carbocycles. The molecule has 0 saturated carbocycles. The Kier molecular flexibility index (Phi) is 6.53. The third kappa shape index (κ3) is 4.83. The van der Waals surface area contributed by atoms with Crippen molar-refractivity contribution >= 4 is 31.8 Å². The molecule has 204 valence electrons. The molecular formula is C22H16F8N4O3S. The third-order valence-corrected chi connectivity index (χ3v) is 7.34. The van der Waals surface area contributed by atoms with Crippen LogP contribution in [-0.4, -0.2) is 52.6 Å². The lowest BCUT2D eigenvalue weighted by Crippen LogP contribution is -2.33. The van der Waals surface area contributed by atoms with E-state index in [1.807, 2.05) is 0 Å². The summed E-state index contributed by atoms with van der Waals surface area (Å²) in [5, 5.41) is 0.171. The van der Waals surface area contributed by atoms with Crippen LogP contribution in [0.5, 0.6) is 5.75 Å². The summed E-state index contributed by atoms with van der Waals surface area (Å²) in [5.41, 5.74) is -2.21. The number of imidazole rings is 1. The maximum absolute atomic E-state index is 13.9. The first-order valence-electron chi connectivity index (χ1n) is 10.6. The average molecular weight is 568 g/mol. The average Bonchev–Trinajstić information content (AvgIpc) is 3.16. The molecule has 0 unspecified atom stereocenters. The van der Waals surface area contributed by atoms with Crippen LogP contribution in [0.3, 0.4) is 0 Å². The van der Waals surface area contributed by atoms with E-state index in [0.717, 1.165) is 18.3 Å². The molecule has 0 radical (unpaired) electrons. The molecule has 0 fully saturated rings. The molecule has 4 rings (SSSR count). The van der Waals surface area contributed by atoms with Crippen LogP contribution in [-0.2, 0) is 22.8 Å². The second kappa shape index (κ2) is 9.03. The molecule has 0 saturated heterocycles. The van der Waals surface area contributed by atoms with Gasteiger partial charge in [0.05, 0.1) is 11.3 Å². The lowest BCUT2D eigenvalue weighted by atomic mass is 10.1. The first-order valence-corrected chi connectivity index (χ1v) is 12.2. The number of pyridine rings is 2. The highest BCUT2D eigenvalue weighted by molar-refractivity contribution is 7.91. The summed E-state index contributed by atoms with van der Waals surface area (Å²) < 4.78 is 136. The number of aromatic nitrogens is 4. The molecule has 0 aliphatic heterocycles. The number of hydrogen-bond acceptors (Lipinski definition) is 6. The van der Waals surface area contributed by atoms with Gasteiger partial charge in [-0.05, 0) is 24.3 Å². The molecule has 0 spiro atoms. The van der Waals surface area contributed by atoms with Crippen molar-refractivity contribution < 1.29 is 48.3 Å². The maximum atomic E-state index is 13.9. The zero-order valence-corrected chi connectivity index (χ0v) is 20.1. The largest absolute Gasteiger partial charge is 0.484 e. The van der Waals surface area contributed by atoms with Gasteiger partial charge in [0.1, 0.15) is 21.9 Å². The summed E-state index contributed by atoms with van der Waals surface area (Å²) >= 11 is 0. The zero-order valence-electron chi connectivity index (χ0n) is 19.3. The van der Waals surface area contributed by atoms with Crippen molar-refractivity contribution in [2.45, 2.75) is 30.1 Å². The molecule has 3 heterocycles. The Hall–Kier alpha value is -3.56. The number of hydrogen-bond donors (Lipinski definition) is 0. The van der Waals surface area contributed by atoms with Crippen LogP contribution in [0.4, 0.5) is 35.1 Å². The third-order valence-electron chi connectivity index (χ3n) is 5.55. The molecule has 0 bridgehead atoms. The van der Waals surface area contributed by atoms with Gasteiger partial charge >= 0.3 is 18.3 Å². The Labute approximate surface area is 209 Å². The van der Waals surface area contributed by atoms with E-state index in [1.54, 1.807) is 0 Å². The van der Waals surface area contributed by atoms with E-state index < -0.39 is 46.0 Å². The van der Waals surface area contributed by atoms with E-state index in [0.29, 0.717) is 12.3 Å². The first-order chi connectivity index (χ1) is 17.5. The van der Waals surface area contributed by atoms with Gasteiger partial charge in [-0.1, -0.05) is 6.92 Å². The molecular weight excluding hydrogens is 552 g/mol. The molecule has 7 nitrogen and oxygen atoms in total. The molecule has 38 heavy (non-hydrogen) atoms. The summed E-state index contributed by atoms with van der Waals surface area (Å²) in [7, 11) is -2.75. The molecule has 0 aliphatic rings. The van der Waals surface area contributed by atoms with E-state index in [9.17, 15) is 43.5 Å². The van der Waals surface area contributed by atoms with Crippen molar-refractivity contribution in [1.29, 1.82) is 0 Å². The van der Waals surface area contributed by atoms with Crippen LogP contribution >= 0.6 is 0 Å². The number of alkyl halides is 8. The van der Waals surface area contributed by atoms with Gasteiger partial charge in [0.25, 0.3) is 0 Å². The van der Waals surface area contributed by atoms with E-state index in [4.69, 9.17) is 4.74 Å². The highest BCUT2D eigenvalue weighted by atomic mass is 32.2. The summed E-state index contributed by atoms with van der Waals surface area (Å²) in [6.45, 7) is -0.243. The maximum Gasteiger partial charge on any atom is 0.458 e.